The molecule has 13 heteroatoms. The van der Waals surface area contributed by atoms with Crippen molar-refractivity contribution in [2.75, 3.05) is 5.48 Å². The maximum atomic E-state index is 11.9. The number of nitrogens with one attached hydrogen (secondary N) is 1. The Kier molecular flexibility index (Phi) is 6.44. The van der Waals surface area contributed by atoms with Gasteiger partial charge in [-0.05, 0) is 59.7 Å². The zero-order valence-electron chi connectivity index (χ0n) is 17.3. The Balaban J connectivity index is 1.58. The molecule has 0 atom stereocenters. The van der Waals surface area contributed by atoms with Gasteiger partial charge in [-0.1, -0.05) is 24.3 Å². The van der Waals surface area contributed by atoms with E-state index in [9.17, 15) is 31.0 Å². The molecule has 4 rings (SSSR count). The van der Waals surface area contributed by atoms with Crippen molar-refractivity contribution in [3.8, 4) is 5.75 Å². The van der Waals surface area contributed by atoms with Crippen LogP contribution in [-0.4, -0.2) is 31.0 Å². The smallest absolute Gasteiger partial charge is 0.295 e. The Morgan fingerprint density at radius 1 is 0.824 bits per heavy atom. The van der Waals surface area contributed by atoms with Crippen molar-refractivity contribution in [3.05, 3.63) is 66.2 Å². The molecule has 0 saturated carbocycles. The van der Waals surface area contributed by atoms with Crippen LogP contribution in [0.15, 0.2) is 75.4 Å². The summed E-state index contributed by atoms with van der Waals surface area (Å²) < 4.78 is 71.3. The molecule has 0 saturated heterocycles. The van der Waals surface area contributed by atoms with Gasteiger partial charge in [0.25, 0.3) is 20.2 Å². The summed E-state index contributed by atoms with van der Waals surface area (Å²) in [6.07, 6.45) is 0. The molecule has 4 N–H and O–H groups in total. The molecule has 34 heavy (non-hydrogen) atoms. The van der Waals surface area contributed by atoms with E-state index in [2.05, 4.69) is 5.48 Å². The van der Waals surface area contributed by atoms with Crippen LogP contribution in [0.3, 0.4) is 0 Å². The Morgan fingerprint density at radius 3 is 2.24 bits per heavy atom. The highest BCUT2D eigenvalue weighted by molar-refractivity contribution is 7.94. The summed E-state index contributed by atoms with van der Waals surface area (Å²) in [4.78, 5) is 4.39. The normalized spacial score (nSPS) is 12.3. The quantitative estimate of drug-likeness (QED) is 0.0889. The van der Waals surface area contributed by atoms with Crippen LogP contribution in [0.2, 0.25) is 0 Å². The highest BCUT2D eigenvalue weighted by atomic mass is 32.2. The van der Waals surface area contributed by atoms with E-state index < -0.39 is 30.0 Å². The van der Waals surface area contributed by atoms with Crippen molar-refractivity contribution in [1.29, 1.82) is 0 Å². The van der Waals surface area contributed by atoms with Crippen LogP contribution in [0.4, 0.5) is 5.69 Å². The molecule has 0 fully saturated rings. The third kappa shape index (κ3) is 4.95. The predicted molar refractivity (Wildman–Crippen MR) is 126 cm³/mol. The molecule has 0 aliphatic carbocycles. The minimum Gasteiger partial charge on any atom is -0.508 e. The molecule has 0 aromatic heterocycles. The third-order valence-electron chi connectivity index (χ3n) is 5.03. The van der Waals surface area contributed by atoms with Gasteiger partial charge in [0.2, 0.25) is 0 Å². The Hall–Kier alpha value is -2.91. The summed E-state index contributed by atoms with van der Waals surface area (Å²) in [6, 6.07) is 14.6. The molecule has 0 bridgehead atoms. The fourth-order valence-electron chi connectivity index (χ4n) is 3.43. The van der Waals surface area contributed by atoms with Crippen LogP contribution in [-0.2, 0) is 29.6 Å². The van der Waals surface area contributed by atoms with Crippen molar-refractivity contribution in [1.82, 2.24) is 0 Å². The number of rotatable bonds is 7. The number of aryl methyl sites for hydroxylation is 1. The molecule has 178 valence electrons. The molecule has 0 heterocycles. The van der Waals surface area contributed by atoms with E-state index in [0.717, 1.165) is 34.9 Å². The Bertz CT molecular complexity index is 1630. The summed E-state index contributed by atoms with van der Waals surface area (Å²) in [5.74, 6) is 0.156. The second-order valence-corrected chi connectivity index (χ2v) is 10.8. The van der Waals surface area contributed by atoms with Crippen molar-refractivity contribution < 1.29 is 40.4 Å². The largest absolute Gasteiger partial charge is 0.508 e. The van der Waals surface area contributed by atoms with Crippen LogP contribution >= 0.6 is 12.0 Å². The van der Waals surface area contributed by atoms with Gasteiger partial charge in [-0.15, -0.1) is 9.32 Å². The summed E-state index contributed by atoms with van der Waals surface area (Å²) >= 11 is 0.820. The van der Waals surface area contributed by atoms with Gasteiger partial charge in [0.15, 0.2) is 0 Å². The number of fused-ring (bicyclic) bond motifs is 2. The molecule has 0 aliphatic heterocycles. The number of aromatic hydroxyl groups is 1. The van der Waals surface area contributed by atoms with Gasteiger partial charge >= 0.3 is 0 Å². The molecule has 0 radical (unpaired) electrons. The average Bonchev–Trinajstić information content (AvgIpc) is 2.77. The van der Waals surface area contributed by atoms with Gasteiger partial charge in [0, 0.05) is 15.7 Å². The van der Waals surface area contributed by atoms with E-state index in [1.54, 1.807) is 31.2 Å². The lowest BCUT2D eigenvalue weighted by atomic mass is 10.1. The number of benzene rings is 4. The second kappa shape index (κ2) is 9.03. The average molecular weight is 524 g/mol. The number of phenolic OH excluding ortho intramolecular Hbond substituents is 1. The summed E-state index contributed by atoms with van der Waals surface area (Å²) in [6.45, 7) is 1.78. The maximum absolute atomic E-state index is 11.9. The molecule has 4 aromatic rings. The van der Waals surface area contributed by atoms with Crippen LogP contribution in [0, 0.1) is 6.92 Å². The minimum atomic E-state index is -4.75. The van der Waals surface area contributed by atoms with Crippen molar-refractivity contribution >= 4 is 59.5 Å². The molecular weight excluding hydrogens is 506 g/mol. The highest BCUT2D eigenvalue weighted by Crippen LogP contribution is 2.33. The minimum absolute atomic E-state index is 0.0731. The molecule has 0 amide bonds. The summed E-state index contributed by atoms with van der Waals surface area (Å²) in [5.41, 5.74) is 2.94. The van der Waals surface area contributed by atoms with E-state index in [1.165, 1.54) is 18.2 Å². The van der Waals surface area contributed by atoms with Crippen molar-refractivity contribution in [3.63, 3.8) is 0 Å². The monoisotopic (exact) mass is 523 g/mol. The molecular formula is C21H17NO9S3. The molecule has 10 nitrogen and oxygen atoms in total. The maximum Gasteiger partial charge on any atom is 0.295 e. The van der Waals surface area contributed by atoms with Gasteiger partial charge in [0.1, 0.15) is 15.5 Å². The van der Waals surface area contributed by atoms with E-state index >= 15 is 0 Å². The van der Waals surface area contributed by atoms with E-state index in [1.807, 2.05) is 6.07 Å². The van der Waals surface area contributed by atoms with E-state index in [0.29, 0.717) is 10.5 Å². The van der Waals surface area contributed by atoms with E-state index in [-0.39, 0.29) is 22.2 Å². The van der Waals surface area contributed by atoms with Crippen LogP contribution < -0.4 is 5.48 Å². The van der Waals surface area contributed by atoms with Crippen molar-refractivity contribution in [2.45, 2.75) is 21.6 Å². The van der Waals surface area contributed by atoms with E-state index in [4.69, 9.17) is 9.32 Å². The first-order chi connectivity index (χ1) is 15.9. The molecule has 0 spiro atoms. The lowest BCUT2D eigenvalue weighted by Gasteiger charge is -2.12. The van der Waals surface area contributed by atoms with Crippen molar-refractivity contribution in [2.24, 2.45) is 0 Å². The fraction of sp³-hybridized carbons (Fsp3) is 0.0476. The van der Waals surface area contributed by atoms with Crippen LogP contribution in [0.25, 0.3) is 21.5 Å². The SMILES string of the molecule is Cc1c(O)ccc2ccc(SOONc3cc(S(=O)(=O)O)c4cccc(S(=O)(=O)O)c4c3)cc12. The number of anilines is 1. The summed E-state index contributed by atoms with van der Waals surface area (Å²) in [7, 11) is -9.45. The van der Waals surface area contributed by atoms with Gasteiger partial charge in [-0.25, -0.2) is 5.48 Å². The Labute approximate surface area is 198 Å². The first-order valence-electron chi connectivity index (χ1n) is 9.45. The van der Waals surface area contributed by atoms with Gasteiger partial charge in [-0.2, -0.15) is 16.8 Å². The van der Waals surface area contributed by atoms with Gasteiger partial charge in [-0.3, -0.25) is 9.11 Å². The fourth-order valence-corrected chi connectivity index (χ4v) is 5.30. The first-order valence-corrected chi connectivity index (χ1v) is 13.1. The third-order valence-corrected chi connectivity index (χ3v) is 7.42. The van der Waals surface area contributed by atoms with Crippen LogP contribution in [0.5, 0.6) is 5.75 Å². The topological polar surface area (TPSA) is 159 Å². The molecule has 0 unspecified atom stereocenters. The number of hydrogen-bond acceptors (Lipinski definition) is 9. The molecule has 0 aliphatic rings. The van der Waals surface area contributed by atoms with Gasteiger partial charge in [0.05, 0.1) is 17.7 Å². The van der Waals surface area contributed by atoms with Gasteiger partial charge < -0.3 is 5.11 Å². The molecule has 4 aromatic carbocycles. The summed E-state index contributed by atoms with van der Waals surface area (Å²) in [5, 5.41) is 11.3. The number of hydrogen-bond donors (Lipinski definition) is 4. The lowest BCUT2D eigenvalue weighted by molar-refractivity contribution is -0.161. The standard InChI is InChI=1S/C21H17NO9S3/c1-12-17-11-15(7-5-13(17)6-8-19(12)23)32-31-30-22-14-9-18-16(21(10-14)34(27,28)29)3-2-4-20(18)33(24,25)26/h2-11,22-23H,1H3,(H,24,25,26)(H,27,28,29). The zero-order chi connectivity index (χ0) is 24.7. The Morgan fingerprint density at radius 2 is 1.53 bits per heavy atom. The zero-order valence-corrected chi connectivity index (χ0v) is 19.7. The van der Waals surface area contributed by atoms with Crippen LogP contribution in [0.1, 0.15) is 5.56 Å². The predicted octanol–water partition coefficient (Wildman–Crippen LogP) is 4.48. The highest BCUT2D eigenvalue weighted by Gasteiger charge is 2.21. The first kappa shape index (κ1) is 24.2. The second-order valence-electron chi connectivity index (χ2n) is 7.21. The number of phenols is 1. The lowest BCUT2D eigenvalue weighted by Crippen LogP contribution is -2.06.